The highest BCUT2D eigenvalue weighted by atomic mass is 15.3. The Morgan fingerprint density at radius 1 is 1.46 bits per heavy atom. The first kappa shape index (κ1) is 7.91. The average molecular weight is 176 g/mol. The van der Waals surface area contributed by atoms with E-state index in [1.165, 1.54) is 0 Å². The quantitative estimate of drug-likeness (QED) is 0.656. The van der Waals surface area contributed by atoms with E-state index in [1.807, 2.05) is 43.1 Å². The molecule has 2 heterocycles. The van der Waals surface area contributed by atoms with E-state index >= 15 is 0 Å². The molecule has 0 aliphatic carbocycles. The predicted octanol–water partition coefficient (Wildman–Crippen LogP) is 0.911. The van der Waals surface area contributed by atoms with Gasteiger partial charge in [-0.05, 0) is 19.1 Å². The molecule has 2 rings (SSSR count). The zero-order valence-electron chi connectivity index (χ0n) is 7.73. The number of hydrogen-bond donors (Lipinski definition) is 1. The average Bonchev–Trinajstić information content (AvgIpc) is 2.58. The second-order valence-corrected chi connectivity index (χ2v) is 3.12. The molecule has 4 nitrogen and oxygen atoms in total. The van der Waals surface area contributed by atoms with Crippen LogP contribution < -0.4 is 5.84 Å². The van der Waals surface area contributed by atoms with Crippen LogP contribution in [-0.2, 0) is 7.05 Å². The molecule has 0 aromatic carbocycles. The molecule has 0 atom stereocenters. The molecule has 0 saturated carbocycles. The maximum atomic E-state index is 5.74. The predicted molar refractivity (Wildman–Crippen MR) is 51.5 cm³/mol. The van der Waals surface area contributed by atoms with E-state index in [4.69, 9.17) is 5.84 Å². The first-order valence-electron chi connectivity index (χ1n) is 4.11. The molecule has 2 aromatic rings. The van der Waals surface area contributed by atoms with Crippen LogP contribution in [0.25, 0.3) is 11.5 Å². The molecule has 2 aromatic heterocycles. The second-order valence-electron chi connectivity index (χ2n) is 3.12. The summed E-state index contributed by atoms with van der Waals surface area (Å²) in [4.78, 5) is 4.33. The van der Waals surface area contributed by atoms with Gasteiger partial charge in [-0.15, -0.1) is 0 Å². The lowest BCUT2D eigenvalue weighted by atomic mass is 10.4. The number of nitrogens with two attached hydrogens (primary N) is 1. The van der Waals surface area contributed by atoms with Gasteiger partial charge < -0.3 is 10.4 Å². The fourth-order valence-corrected chi connectivity index (χ4v) is 1.40. The van der Waals surface area contributed by atoms with E-state index in [0.717, 1.165) is 17.2 Å². The maximum Gasteiger partial charge on any atom is 0.175 e. The zero-order chi connectivity index (χ0) is 9.42. The van der Waals surface area contributed by atoms with Crippen molar-refractivity contribution < 1.29 is 0 Å². The van der Waals surface area contributed by atoms with Crippen LogP contribution in [0.1, 0.15) is 5.69 Å². The van der Waals surface area contributed by atoms with Gasteiger partial charge in [-0.25, -0.2) is 9.66 Å². The number of nitrogen functional groups attached to an aromatic ring is 1. The molecule has 0 aliphatic heterocycles. The fourth-order valence-electron chi connectivity index (χ4n) is 1.40. The Morgan fingerprint density at radius 2 is 2.23 bits per heavy atom. The lowest BCUT2D eigenvalue weighted by Crippen LogP contribution is -2.09. The number of hydrogen-bond acceptors (Lipinski definition) is 2. The van der Waals surface area contributed by atoms with E-state index < -0.39 is 0 Å². The Bertz CT molecular complexity index is 425. The summed E-state index contributed by atoms with van der Waals surface area (Å²) in [5.41, 5.74) is 1.95. The summed E-state index contributed by atoms with van der Waals surface area (Å²) in [5.74, 6) is 6.54. The van der Waals surface area contributed by atoms with Crippen LogP contribution in [0.3, 0.4) is 0 Å². The molecule has 0 spiro atoms. The largest absolute Gasteiger partial charge is 0.348 e. The smallest absolute Gasteiger partial charge is 0.175 e. The van der Waals surface area contributed by atoms with Crippen molar-refractivity contribution >= 4 is 0 Å². The van der Waals surface area contributed by atoms with E-state index in [9.17, 15) is 0 Å². The molecule has 0 fully saturated rings. The van der Waals surface area contributed by atoms with Crippen LogP contribution in [0.5, 0.6) is 0 Å². The van der Waals surface area contributed by atoms with Gasteiger partial charge in [0.2, 0.25) is 0 Å². The third-order valence-electron chi connectivity index (χ3n) is 2.03. The van der Waals surface area contributed by atoms with Crippen molar-refractivity contribution in [3.05, 3.63) is 30.2 Å². The van der Waals surface area contributed by atoms with Crippen molar-refractivity contribution in [1.29, 1.82) is 0 Å². The summed E-state index contributed by atoms with van der Waals surface area (Å²) in [6.07, 6.45) is 3.78. The normalized spacial score (nSPS) is 10.6. The van der Waals surface area contributed by atoms with Gasteiger partial charge in [0.1, 0.15) is 0 Å². The highest BCUT2D eigenvalue weighted by molar-refractivity contribution is 5.51. The van der Waals surface area contributed by atoms with Gasteiger partial charge in [-0.2, -0.15) is 0 Å². The van der Waals surface area contributed by atoms with Crippen molar-refractivity contribution in [2.45, 2.75) is 6.92 Å². The molecule has 0 saturated heterocycles. The Kier molecular flexibility index (Phi) is 1.62. The van der Waals surface area contributed by atoms with E-state index in [2.05, 4.69) is 4.98 Å². The van der Waals surface area contributed by atoms with Gasteiger partial charge in [0.15, 0.2) is 5.82 Å². The van der Waals surface area contributed by atoms with Crippen LogP contribution in [-0.4, -0.2) is 14.2 Å². The van der Waals surface area contributed by atoms with Crippen molar-refractivity contribution in [2.24, 2.45) is 7.05 Å². The number of rotatable bonds is 1. The van der Waals surface area contributed by atoms with Gasteiger partial charge >= 0.3 is 0 Å². The first-order valence-corrected chi connectivity index (χ1v) is 4.11. The Hall–Kier alpha value is -1.71. The minimum absolute atomic E-state index is 0.796. The maximum absolute atomic E-state index is 5.74. The fraction of sp³-hybridized carbons (Fsp3) is 0.222. The Labute approximate surface area is 76.6 Å². The molecule has 68 valence electrons. The van der Waals surface area contributed by atoms with Gasteiger partial charge in [0, 0.05) is 19.4 Å². The highest BCUT2D eigenvalue weighted by Crippen LogP contribution is 2.16. The molecule has 0 bridgehead atoms. The van der Waals surface area contributed by atoms with Crippen LogP contribution >= 0.6 is 0 Å². The van der Waals surface area contributed by atoms with Crippen LogP contribution in [0.4, 0.5) is 0 Å². The molecule has 4 heteroatoms. The second kappa shape index (κ2) is 2.65. The third-order valence-corrected chi connectivity index (χ3v) is 2.03. The minimum Gasteiger partial charge on any atom is -0.348 e. The van der Waals surface area contributed by atoms with Gasteiger partial charge in [0.05, 0.1) is 11.4 Å². The summed E-state index contributed by atoms with van der Waals surface area (Å²) in [6.45, 7) is 1.93. The molecule has 0 amide bonds. The van der Waals surface area contributed by atoms with E-state index in [1.54, 1.807) is 4.68 Å². The molecule has 0 radical (unpaired) electrons. The lowest BCUT2D eigenvalue weighted by molar-refractivity contribution is 0.902. The van der Waals surface area contributed by atoms with Crippen molar-refractivity contribution in [2.75, 3.05) is 5.84 Å². The van der Waals surface area contributed by atoms with E-state index in [-0.39, 0.29) is 0 Å². The number of nitrogens with zero attached hydrogens (tertiary/aromatic N) is 3. The third kappa shape index (κ3) is 1.20. The molecule has 0 aliphatic rings. The number of aromatic nitrogens is 3. The Balaban J connectivity index is 2.58. The summed E-state index contributed by atoms with van der Waals surface area (Å²) in [6, 6.07) is 3.96. The SMILES string of the molecule is Cc1cn(N)c(-c2cccn2C)n1. The van der Waals surface area contributed by atoms with Crippen LogP contribution in [0.15, 0.2) is 24.5 Å². The van der Waals surface area contributed by atoms with Crippen LogP contribution in [0, 0.1) is 6.92 Å². The van der Waals surface area contributed by atoms with Crippen LogP contribution in [0.2, 0.25) is 0 Å². The monoisotopic (exact) mass is 176 g/mol. The number of imidazole rings is 1. The first-order chi connectivity index (χ1) is 6.18. The lowest BCUT2D eigenvalue weighted by Gasteiger charge is -2.01. The molecule has 0 unspecified atom stereocenters. The van der Waals surface area contributed by atoms with Crippen molar-refractivity contribution in [3.8, 4) is 11.5 Å². The zero-order valence-corrected chi connectivity index (χ0v) is 7.73. The standard InChI is InChI=1S/C9H12N4/c1-7-6-13(10)9(11-7)8-4-3-5-12(8)2/h3-6H,10H2,1-2H3. The molecule has 2 N–H and O–H groups in total. The van der Waals surface area contributed by atoms with E-state index in [0.29, 0.717) is 0 Å². The minimum atomic E-state index is 0.796. The summed E-state index contributed by atoms with van der Waals surface area (Å²) >= 11 is 0. The van der Waals surface area contributed by atoms with Crippen molar-refractivity contribution in [3.63, 3.8) is 0 Å². The van der Waals surface area contributed by atoms with Gasteiger partial charge in [-0.1, -0.05) is 0 Å². The Morgan fingerprint density at radius 3 is 2.69 bits per heavy atom. The summed E-state index contributed by atoms with van der Waals surface area (Å²) in [5, 5.41) is 0. The summed E-state index contributed by atoms with van der Waals surface area (Å²) < 4.78 is 3.54. The molecular weight excluding hydrogens is 164 g/mol. The van der Waals surface area contributed by atoms with Gasteiger partial charge in [-0.3, -0.25) is 0 Å². The summed E-state index contributed by atoms with van der Waals surface area (Å²) in [7, 11) is 1.97. The highest BCUT2D eigenvalue weighted by Gasteiger charge is 2.07. The topological polar surface area (TPSA) is 48.8 Å². The molecule has 13 heavy (non-hydrogen) atoms. The molecular formula is C9H12N4. The number of aryl methyl sites for hydroxylation is 2. The van der Waals surface area contributed by atoms with Crippen molar-refractivity contribution in [1.82, 2.24) is 14.2 Å². The van der Waals surface area contributed by atoms with Gasteiger partial charge in [0.25, 0.3) is 0 Å².